The molecule has 0 amide bonds. The second-order valence-corrected chi connectivity index (χ2v) is 6.25. The van der Waals surface area contributed by atoms with Gasteiger partial charge in [0, 0.05) is 11.4 Å². The van der Waals surface area contributed by atoms with Gasteiger partial charge in [0.15, 0.2) is 0 Å². The number of fused-ring (bicyclic) bond motifs is 3. The standard InChI is InChI=1S/C17H11Cl2N3O2/c18-11-2-5-15(13(19)8-11)24-12-3-4-14-10(7-12)1-6-16-21-20-9-17(23)22(14)16/h2-5,7-9H,1,6H2. The molecule has 1 aliphatic heterocycles. The second kappa shape index (κ2) is 5.92. The molecule has 0 N–H and O–H groups in total. The van der Waals surface area contributed by atoms with Gasteiger partial charge in [0.1, 0.15) is 23.5 Å². The van der Waals surface area contributed by atoms with E-state index in [-0.39, 0.29) is 5.56 Å². The van der Waals surface area contributed by atoms with Crippen LogP contribution < -0.4 is 10.3 Å². The van der Waals surface area contributed by atoms with Crippen molar-refractivity contribution < 1.29 is 4.74 Å². The average molecular weight is 360 g/mol. The second-order valence-electron chi connectivity index (χ2n) is 5.40. The fourth-order valence-electron chi connectivity index (χ4n) is 2.77. The maximum absolute atomic E-state index is 12.1. The van der Waals surface area contributed by atoms with Crippen LogP contribution in [0.1, 0.15) is 11.4 Å². The van der Waals surface area contributed by atoms with Gasteiger partial charge in [-0.2, -0.15) is 5.10 Å². The third-order valence-corrected chi connectivity index (χ3v) is 4.38. The molecule has 0 unspecified atom stereocenters. The van der Waals surface area contributed by atoms with Gasteiger partial charge in [0.05, 0.1) is 10.7 Å². The van der Waals surface area contributed by atoms with Crippen LogP contribution in [0.4, 0.5) is 0 Å². The van der Waals surface area contributed by atoms with E-state index in [1.807, 2.05) is 12.1 Å². The predicted octanol–water partition coefficient (Wildman–Crippen LogP) is 3.83. The third-order valence-electron chi connectivity index (χ3n) is 3.85. The molecule has 4 rings (SSSR count). The Morgan fingerprint density at radius 1 is 1.08 bits per heavy atom. The van der Waals surface area contributed by atoms with Crippen molar-refractivity contribution in [3.8, 4) is 17.2 Å². The first-order valence-electron chi connectivity index (χ1n) is 7.31. The van der Waals surface area contributed by atoms with E-state index in [0.717, 1.165) is 17.7 Å². The van der Waals surface area contributed by atoms with E-state index in [9.17, 15) is 4.79 Å². The number of aryl methyl sites for hydroxylation is 2. The summed E-state index contributed by atoms with van der Waals surface area (Å²) in [6.07, 6.45) is 2.64. The van der Waals surface area contributed by atoms with E-state index in [4.69, 9.17) is 27.9 Å². The number of hydrogen-bond donors (Lipinski definition) is 0. The molecule has 5 nitrogen and oxygen atoms in total. The first-order chi connectivity index (χ1) is 11.6. The van der Waals surface area contributed by atoms with E-state index in [1.54, 1.807) is 28.8 Å². The van der Waals surface area contributed by atoms with Crippen LogP contribution in [0.2, 0.25) is 10.0 Å². The van der Waals surface area contributed by atoms with Gasteiger partial charge in [-0.05, 0) is 48.4 Å². The van der Waals surface area contributed by atoms with Crippen LogP contribution in [-0.2, 0) is 12.8 Å². The molecule has 2 heterocycles. The van der Waals surface area contributed by atoms with Crippen molar-refractivity contribution in [3.05, 3.63) is 74.4 Å². The molecule has 24 heavy (non-hydrogen) atoms. The molecule has 0 atom stereocenters. The summed E-state index contributed by atoms with van der Waals surface area (Å²) in [5, 5.41) is 8.76. The first-order valence-corrected chi connectivity index (χ1v) is 8.07. The Labute approximate surface area is 147 Å². The number of benzene rings is 2. The Kier molecular flexibility index (Phi) is 3.75. The summed E-state index contributed by atoms with van der Waals surface area (Å²) in [6, 6.07) is 10.6. The number of hydrogen-bond acceptors (Lipinski definition) is 4. The summed E-state index contributed by atoms with van der Waals surface area (Å²) in [5.74, 6) is 1.85. The van der Waals surface area contributed by atoms with Crippen molar-refractivity contribution in [1.82, 2.24) is 14.8 Å². The third kappa shape index (κ3) is 2.66. The predicted molar refractivity (Wildman–Crippen MR) is 91.6 cm³/mol. The summed E-state index contributed by atoms with van der Waals surface area (Å²) in [5.41, 5.74) is 1.64. The van der Waals surface area contributed by atoms with E-state index in [2.05, 4.69) is 10.2 Å². The number of rotatable bonds is 2. The fourth-order valence-corrected chi connectivity index (χ4v) is 3.22. The molecule has 0 bridgehead atoms. The van der Waals surface area contributed by atoms with Crippen LogP contribution in [0.25, 0.3) is 5.69 Å². The molecule has 0 saturated carbocycles. The van der Waals surface area contributed by atoms with Crippen molar-refractivity contribution in [2.75, 3.05) is 0 Å². The molecular weight excluding hydrogens is 349 g/mol. The van der Waals surface area contributed by atoms with Gasteiger partial charge in [0.25, 0.3) is 5.56 Å². The highest BCUT2D eigenvalue weighted by atomic mass is 35.5. The number of ether oxygens (including phenoxy) is 1. The number of aromatic nitrogens is 3. The zero-order valence-corrected chi connectivity index (χ0v) is 13.9. The van der Waals surface area contributed by atoms with Gasteiger partial charge >= 0.3 is 0 Å². The van der Waals surface area contributed by atoms with Crippen molar-refractivity contribution in [2.24, 2.45) is 0 Å². The first kappa shape index (κ1) is 15.2. The quantitative estimate of drug-likeness (QED) is 0.697. The molecule has 0 fully saturated rings. The van der Waals surface area contributed by atoms with Crippen molar-refractivity contribution in [1.29, 1.82) is 0 Å². The lowest BCUT2D eigenvalue weighted by Gasteiger charge is -2.20. The van der Waals surface area contributed by atoms with Gasteiger partial charge in [-0.15, -0.1) is 5.10 Å². The summed E-state index contributed by atoms with van der Waals surface area (Å²) >= 11 is 12.0. The highest BCUT2D eigenvalue weighted by molar-refractivity contribution is 6.35. The topological polar surface area (TPSA) is 57.0 Å². The number of nitrogens with zero attached hydrogens (tertiary/aromatic N) is 3. The van der Waals surface area contributed by atoms with E-state index < -0.39 is 0 Å². The Morgan fingerprint density at radius 2 is 1.96 bits per heavy atom. The molecule has 1 aliphatic rings. The lowest BCUT2D eigenvalue weighted by atomic mass is 10.0. The highest BCUT2D eigenvalue weighted by Gasteiger charge is 2.19. The normalized spacial score (nSPS) is 12.4. The van der Waals surface area contributed by atoms with Crippen molar-refractivity contribution >= 4 is 23.2 Å². The Hall–Kier alpha value is -2.37. The summed E-state index contributed by atoms with van der Waals surface area (Å²) in [7, 11) is 0. The largest absolute Gasteiger partial charge is 0.456 e. The van der Waals surface area contributed by atoms with Crippen molar-refractivity contribution in [2.45, 2.75) is 12.8 Å². The summed E-state index contributed by atoms with van der Waals surface area (Å²) in [6.45, 7) is 0. The highest BCUT2D eigenvalue weighted by Crippen LogP contribution is 2.33. The lowest BCUT2D eigenvalue weighted by molar-refractivity contribution is 0.481. The molecule has 0 aliphatic carbocycles. The van der Waals surface area contributed by atoms with Crippen LogP contribution in [0, 0.1) is 0 Å². The molecule has 120 valence electrons. The van der Waals surface area contributed by atoms with Crippen LogP contribution in [0.3, 0.4) is 0 Å². The molecule has 0 spiro atoms. The maximum Gasteiger partial charge on any atom is 0.276 e. The van der Waals surface area contributed by atoms with Crippen molar-refractivity contribution in [3.63, 3.8) is 0 Å². The average Bonchev–Trinajstić information content (AvgIpc) is 2.57. The molecule has 7 heteroatoms. The van der Waals surface area contributed by atoms with Crippen LogP contribution in [0.15, 0.2) is 47.4 Å². The summed E-state index contributed by atoms with van der Waals surface area (Å²) < 4.78 is 7.43. The smallest absolute Gasteiger partial charge is 0.276 e. The maximum atomic E-state index is 12.1. The Balaban J connectivity index is 1.72. The van der Waals surface area contributed by atoms with Crippen LogP contribution >= 0.6 is 23.2 Å². The van der Waals surface area contributed by atoms with Crippen LogP contribution in [0.5, 0.6) is 11.5 Å². The molecule has 1 aromatic heterocycles. The van der Waals surface area contributed by atoms with E-state index in [0.29, 0.717) is 33.8 Å². The molecular formula is C17H11Cl2N3O2. The van der Waals surface area contributed by atoms with Gasteiger partial charge in [-0.1, -0.05) is 23.2 Å². The van der Waals surface area contributed by atoms with Crippen LogP contribution in [-0.4, -0.2) is 14.8 Å². The van der Waals surface area contributed by atoms with Gasteiger partial charge in [-0.3, -0.25) is 9.36 Å². The summed E-state index contributed by atoms with van der Waals surface area (Å²) in [4.78, 5) is 12.1. The molecule has 0 radical (unpaired) electrons. The minimum absolute atomic E-state index is 0.185. The Bertz CT molecular complexity index is 1000. The van der Waals surface area contributed by atoms with E-state index >= 15 is 0 Å². The zero-order chi connectivity index (χ0) is 16.7. The SMILES string of the molecule is O=c1cnnc2n1-c1ccc(Oc3ccc(Cl)cc3Cl)cc1CC2. The van der Waals surface area contributed by atoms with Gasteiger partial charge in [-0.25, -0.2) is 0 Å². The molecule has 2 aromatic carbocycles. The lowest BCUT2D eigenvalue weighted by Crippen LogP contribution is -2.28. The van der Waals surface area contributed by atoms with E-state index in [1.165, 1.54) is 6.20 Å². The zero-order valence-electron chi connectivity index (χ0n) is 12.4. The molecule has 0 saturated heterocycles. The minimum atomic E-state index is -0.185. The number of halogens is 2. The van der Waals surface area contributed by atoms with Gasteiger partial charge in [0.2, 0.25) is 0 Å². The minimum Gasteiger partial charge on any atom is -0.456 e. The monoisotopic (exact) mass is 359 g/mol. The Morgan fingerprint density at radius 3 is 2.79 bits per heavy atom. The fraction of sp³-hybridized carbons (Fsp3) is 0.118. The molecule has 3 aromatic rings. The van der Waals surface area contributed by atoms with Gasteiger partial charge < -0.3 is 4.74 Å².